The Bertz CT molecular complexity index is 868. The number of fused-ring (bicyclic) bond motifs is 1. The zero-order chi connectivity index (χ0) is 15.1. The van der Waals surface area contributed by atoms with Gasteiger partial charge >= 0.3 is 5.97 Å². The van der Waals surface area contributed by atoms with Gasteiger partial charge in [-0.15, -0.1) is 0 Å². The second kappa shape index (κ2) is 4.84. The van der Waals surface area contributed by atoms with Crippen LogP contribution in [0.25, 0.3) is 5.65 Å². The van der Waals surface area contributed by atoms with E-state index in [2.05, 4.69) is 16.1 Å². The molecule has 2 heterocycles. The smallest absolute Gasteiger partial charge is 0.343 e. The summed E-state index contributed by atoms with van der Waals surface area (Å²) in [4.78, 5) is 15.6. The predicted molar refractivity (Wildman–Crippen MR) is 78.4 cm³/mol. The van der Waals surface area contributed by atoms with Gasteiger partial charge in [0.2, 0.25) is 0 Å². The molecule has 2 aromatic heterocycles. The molecule has 110 valence electrons. The lowest BCUT2D eigenvalue weighted by Gasteiger charge is -2.10. The fourth-order valence-corrected chi connectivity index (χ4v) is 2.51. The highest BCUT2D eigenvalue weighted by Gasteiger charge is 2.24. The Labute approximate surface area is 126 Å². The van der Waals surface area contributed by atoms with Crippen molar-refractivity contribution >= 4 is 11.6 Å². The number of carboxylic acids is 1. The molecule has 1 saturated carbocycles. The van der Waals surface area contributed by atoms with Crippen molar-refractivity contribution in [2.75, 3.05) is 0 Å². The van der Waals surface area contributed by atoms with Crippen molar-refractivity contribution in [1.82, 2.24) is 14.6 Å². The normalized spacial score (nSPS) is 14.2. The first-order chi connectivity index (χ1) is 10.7. The van der Waals surface area contributed by atoms with E-state index in [-0.39, 0.29) is 17.0 Å². The van der Waals surface area contributed by atoms with Crippen molar-refractivity contribution in [2.24, 2.45) is 0 Å². The number of hydrogen-bond acceptors (Lipinski definition) is 4. The number of carbonyl (C=O) groups is 1. The number of carboxylic acid groups (broad SMARTS) is 1. The summed E-state index contributed by atoms with van der Waals surface area (Å²) < 4.78 is 7.18. The monoisotopic (exact) mass is 295 g/mol. The van der Waals surface area contributed by atoms with Crippen LogP contribution in [0.2, 0.25) is 0 Å². The zero-order valence-corrected chi connectivity index (χ0v) is 11.6. The number of aromatic nitrogens is 3. The molecular formula is C16H13N3O3. The summed E-state index contributed by atoms with van der Waals surface area (Å²) >= 11 is 0. The van der Waals surface area contributed by atoms with Crippen molar-refractivity contribution in [2.45, 2.75) is 18.8 Å². The lowest BCUT2D eigenvalue weighted by atomic mass is 10.1. The number of benzene rings is 1. The molecule has 0 radical (unpaired) electrons. The fraction of sp³-hybridized carbons (Fsp3) is 0.188. The molecule has 22 heavy (non-hydrogen) atoms. The fourth-order valence-electron chi connectivity index (χ4n) is 2.51. The number of aromatic carboxylic acids is 1. The van der Waals surface area contributed by atoms with Crippen molar-refractivity contribution in [3.8, 4) is 11.5 Å². The molecule has 6 heteroatoms. The quantitative estimate of drug-likeness (QED) is 0.800. The molecule has 4 rings (SSSR count). The number of rotatable bonds is 4. The summed E-state index contributed by atoms with van der Waals surface area (Å²) in [6, 6.07) is 7.76. The highest BCUT2D eigenvalue weighted by atomic mass is 16.5. The molecule has 1 N–H and O–H groups in total. The molecule has 0 spiro atoms. The van der Waals surface area contributed by atoms with Gasteiger partial charge in [-0.05, 0) is 36.5 Å². The average Bonchev–Trinajstić information content (AvgIpc) is 3.25. The Morgan fingerprint density at radius 3 is 3.00 bits per heavy atom. The highest BCUT2D eigenvalue weighted by molar-refractivity contribution is 5.97. The average molecular weight is 295 g/mol. The van der Waals surface area contributed by atoms with Crippen LogP contribution < -0.4 is 4.74 Å². The van der Waals surface area contributed by atoms with Gasteiger partial charge in [0.1, 0.15) is 11.3 Å². The third-order valence-corrected chi connectivity index (χ3v) is 3.74. The molecule has 1 aromatic carbocycles. The van der Waals surface area contributed by atoms with E-state index in [4.69, 9.17) is 4.74 Å². The Hall–Kier alpha value is -2.89. The minimum Gasteiger partial charge on any atom is -0.477 e. The Morgan fingerprint density at radius 1 is 1.36 bits per heavy atom. The summed E-state index contributed by atoms with van der Waals surface area (Å²) in [6.07, 6.45) is 6.91. The first kappa shape index (κ1) is 12.8. The topological polar surface area (TPSA) is 76.7 Å². The number of imidazole rings is 1. The molecule has 0 unspecified atom stereocenters. The van der Waals surface area contributed by atoms with Crippen LogP contribution in [-0.4, -0.2) is 25.7 Å². The second-order valence-electron chi connectivity index (χ2n) is 5.33. The summed E-state index contributed by atoms with van der Waals surface area (Å²) in [5.41, 5.74) is 1.50. The van der Waals surface area contributed by atoms with Crippen LogP contribution >= 0.6 is 0 Å². The summed E-state index contributed by atoms with van der Waals surface area (Å²) in [5, 5.41) is 13.6. The predicted octanol–water partition coefficient (Wildman–Crippen LogP) is 3.10. The van der Waals surface area contributed by atoms with E-state index < -0.39 is 5.97 Å². The molecule has 0 saturated heterocycles. The minimum atomic E-state index is -1.09. The molecule has 6 nitrogen and oxygen atoms in total. The van der Waals surface area contributed by atoms with Crippen LogP contribution in [0.4, 0.5) is 0 Å². The third-order valence-electron chi connectivity index (χ3n) is 3.74. The first-order valence-electron chi connectivity index (χ1n) is 7.06. The Kier molecular flexibility index (Phi) is 2.82. The van der Waals surface area contributed by atoms with E-state index in [9.17, 15) is 9.90 Å². The van der Waals surface area contributed by atoms with E-state index in [1.165, 1.54) is 35.3 Å². The van der Waals surface area contributed by atoms with Crippen LogP contribution in [0.3, 0.4) is 0 Å². The largest absolute Gasteiger partial charge is 0.477 e. The molecule has 1 aliphatic rings. The third kappa shape index (κ3) is 2.18. The van der Waals surface area contributed by atoms with Gasteiger partial charge in [0.15, 0.2) is 11.4 Å². The maximum absolute atomic E-state index is 11.5. The van der Waals surface area contributed by atoms with E-state index in [1.54, 1.807) is 6.20 Å². The second-order valence-corrected chi connectivity index (χ2v) is 5.33. The standard InChI is InChI=1S/C16H13N3O3/c20-16(21)14-13(9-18-19-7-6-17-15(14)19)22-12-3-1-2-11(8-12)10-4-5-10/h1-3,6-10H,4-5H2,(H,20,21). The number of ether oxygens (including phenoxy) is 1. The molecule has 0 aliphatic heterocycles. The summed E-state index contributed by atoms with van der Waals surface area (Å²) in [6.45, 7) is 0. The van der Waals surface area contributed by atoms with E-state index >= 15 is 0 Å². The first-order valence-corrected chi connectivity index (χ1v) is 7.06. The summed E-state index contributed by atoms with van der Waals surface area (Å²) in [5.74, 6) is 0.325. The molecular weight excluding hydrogens is 282 g/mol. The van der Waals surface area contributed by atoms with Crippen LogP contribution in [0, 0.1) is 0 Å². The lowest BCUT2D eigenvalue weighted by Crippen LogP contribution is -2.06. The molecule has 3 aromatic rings. The Morgan fingerprint density at radius 2 is 2.23 bits per heavy atom. The van der Waals surface area contributed by atoms with Crippen LogP contribution in [-0.2, 0) is 0 Å². The van der Waals surface area contributed by atoms with Crippen LogP contribution in [0.1, 0.15) is 34.7 Å². The SMILES string of the molecule is O=C(O)c1c(Oc2cccc(C3CC3)c2)cnn2ccnc12. The molecule has 1 aliphatic carbocycles. The molecule has 0 bridgehead atoms. The van der Waals surface area contributed by atoms with Gasteiger partial charge < -0.3 is 9.84 Å². The van der Waals surface area contributed by atoms with Gasteiger partial charge in [0, 0.05) is 12.4 Å². The van der Waals surface area contributed by atoms with Gasteiger partial charge in [-0.25, -0.2) is 14.3 Å². The van der Waals surface area contributed by atoms with Crippen molar-refractivity contribution in [3.63, 3.8) is 0 Å². The van der Waals surface area contributed by atoms with E-state index in [0.29, 0.717) is 11.7 Å². The highest BCUT2D eigenvalue weighted by Crippen LogP contribution is 2.41. The van der Waals surface area contributed by atoms with E-state index in [1.807, 2.05) is 18.2 Å². The van der Waals surface area contributed by atoms with Crippen LogP contribution in [0.5, 0.6) is 11.5 Å². The minimum absolute atomic E-state index is 0.0109. The van der Waals surface area contributed by atoms with Crippen LogP contribution in [0.15, 0.2) is 42.9 Å². The van der Waals surface area contributed by atoms with Crippen molar-refractivity contribution in [1.29, 1.82) is 0 Å². The molecule has 1 fully saturated rings. The molecule has 0 atom stereocenters. The maximum atomic E-state index is 11.5. The zero-order valence-electron chi connectivity index (χ0n) is 11.6. The van der Waals surface area contributed by atoms with Gasteiger partial charge in [0.25, 0.3) is 0 Å². The van der Waals surface area contributed by atoms with E-state index in [0.717, 1.165) is 0 Å². The van der Waals surface area contributed by atoms with Gasteiger partial charge in [-0.3, -0.25) is 0 Å². The summed E-state index contributed by atoms with van der Waals surface area (Å²) in [7, 11) is 0. The van der Waals surface area contributed by atoms with Gasteiger partial charge in [0.05, 0.1) is 6.20 Å². The van der Waals surface area contributed by atoms with Crippen molar-refractivity contribution in [3.05, 3.63) is 54.0 Å². The van der Waals surface area contributed by atoms with Gasteiger partial charge in [-0.2, -0.15) is 5.10 Å². The number of nitrogens with zero attached hydrogens (tertiary/aromatic N) is 3. The number of hydrogen-bond donors (Lipinski definition) is 1. The Balaban J connectivity index is 1.76. The van der Waals surface area contributed by atoms with Gasteiger partial charge in [-0.1, -0.05) is 12.1 Å². The lowest BCUT2D eigenvalue weighted by molar-refractivity contribution is 0.0695. The maximum Gasteiger partial charge on any atom is 0.343 e. The van der Waals surface area contributed by atoms with Crippen molar-refractivity contribution < 1.29 is 14.6 Å². The molecule has 0 amide bonds.